The molecule has 2 rings (SSSR count). The van der Waals surface area contributed by atoms with Crippen LogP contribution in [0.5, 0.6) is 0 Å². The molecule has 0 bridgehead atoms. The molecule has 74 valence electrons. The number of allylic oxidation sites excluding steroid dienone is 1. The van der Waals surface area contributed by atoms with Gasteiger partial charge in [0.05, 0.1) is 6.26 Å². The topological polar surface area (TPSA) is 37.3 Å². The van der Waals surface area contributed by atoms with Crippen LogP contribution >= 0.6 is 0 Å². The van der Waals surface area contributed by atoms with Crippen molar-refractivity contribution in [3.05, 3.63) is 60.4 Å². The number of ketones is 1. The molecule has 2 nitrogen and oxygen atoms in total. The first kappa shape index (κ1) is 9.46. The van der Waals surface area contributed by atoms with Gasteiger partial charge in [-0.25, -0.2) is 0 Å². The Balaban J connectivity index is 2.51. The Morgan fingerprint density at radius 1 is 1.07 bits per heavy atom. The van der Waals surface area contributed by atoms with Crippen LogP contribution in [0.3, 0.4) is 0 Å². The van der Waals surface area contributed by atoms with Crippen LogP contribution in [0.2, 0.25) is 0 Å². The smallest absolute Gasteiger partial charge is 0.188 e. The summed E-state index contributed by atoms with van der Waals surface area (Å²) in [4.78, 5) is 11.4. The molecule has 0 amide bonds. The standard InChI is InChI=1S/C13H10O2/c14-8-7-13(15)12-6-5-10-3-1-2-4-11(10)9-12/h1-9,14H. The number of rotatable bonds is 2. The highest BCUT2D eigenvalue weighted by Gasteiger charge is 2.02. The highest BCUT2D eigenvalue weighted by atomic mass is 16.2. The fourth-order valence-corrected chi connectivity index (χ4v) is 1.51. The quantitative estimate of drug-likeness (QED) is 0.457. The van der Waals surface area contributed by atoms with E-state index < -0.39 is 0 Å². The highest BCUT2D eigenvalue weighted by Crippen LogP contribution is 2.16. The Labute approximate surface area is 87.5 Å². The van der Waals surface area contributed by atoms with Crippen molar-refractivity contribution in [2.75, 3.05) is 0 Å². The number of hydrogen-bond acceptors (Lipinski definition) is 2. The Bertz CT molecular complexity index is 527. The minimum absolute atomic E-state index is 0.191. The Morgan fingerprint density at radius 2 is 1.80 bits per heavy atom. The van der Waals surface area contributed by atoms with Gasteiger partial charge in [-0.15, -0.1) is 0 Å². The maximum Gasteiger partial charge on any atom is 0.188 e. The molecule has 15 heavy (non-hydrogen) atoms. The zero-order chi connectivity index (χ0) is 10.7. The number of fused-ring (bicyclic) bond motifs is 1. The lowest BCUT2D eigenvalue weighted by molar-refractivity contribution is 0.104. The number of aliphatic hydroxyl groups is 1. The van der Waals surface area contributed by atoms with E-state index in [-0.39, 0.29) is 5.78 Å². The summed E-state index contributed by atoms with van der Waals surface area (Å²) in [5, 5.41) is 10.6. The summed E-state index contributed by atoms with van der Waals surface area (Å²) in [7, 11) is 0. The molecular formula is C13H10O2. The predicted octanol–water partition coefficient (Wildman–Crippen LogP) is 3.09. The van der Waals surface area contributed by atoms with Gasteiger partial charge in [0.2, 0.25) is 0 Å². The second-order valence-corrected chi connectivity index (χ2v) is 3.24. The summed E-state index contributed by atoms with van der Waals surface area (Å²) >= 11 is 0. The van der Waals surface area contributed by atoms with E-state index in [0.29, 0.717) is 5.56 Å². The van der Waals surface area contributed by atoms with Crippen LogP contribution < -0.4 is 0 Å². The van der Waals surface area contributed by atoms with E-state index in [2.05, 4.69) is 0 Å². The maximum atomic E-state index is 11.4. The third kappa shape index (κ3) is 1.89. The minimum Gasteiger partial charge on any atom is -0.515 e. The number of carbonyl (C=O) groups excluding carboxylic acids is 1. The molecule has 0 heterocycles. The van der Waals surface area contributed by atoms with Gasteiger partial charge in [-0.3, -0.25) is 4.79 Å². The van der Waals surface area contributed by atoms with Crippen molar-refractivity contribution < 1.29 is 9.90 Å². The van der Waals surface area contributed by atoms with Gasteiger partial charge in [-0.2, -0.15) is 0 Å². The van der Waals surface area contributed by atoms with Crippen molar-refractivity contribution in [3.8, 4) is 0 Å². The summed E-state index contributed by atoms with van der Waals surface area (Å²) < 4.78 is 0. The van der Waals surface area contributed by atoms with Crippen molar-refractivity contribution in [3.63, 3.8) is 0 Å². The minimum atomic E-state index is -0.191. The van der Waals surface area contributed by atoms with E-state index in [1.54, 1.807) is 6.07 Å². The number of hydrogen-bond donors (Lipinski definition) is 1. The largest absolute Gasteiger partial charge is 0.515 e. The van der Waals surface area contributed by atoms with Crippen molar-refractivity contribution in [1.82, 2.24) is 0 Å². The van der Waals surface area contributed by atoms with Crippen molar-refractivity contribution in [2.45, 2.75) is 0 Å². The Kier molecular flexibility index (Phi) is 2.50. The average Bonchev–Trinajstić information content (AvgIpc) is 2.29. The molecule has 0 aromatic heterocycles. The van der Waals surface area contributed by atoms with E-state index in [0.717, 1.165) is 23.1 Å². The zero-order valence-corrected chi connectivity index (χ0v) is 8.05. The molecule has 0 saturated heterocycles. The van der Waals surface area contributed by atoms with Gasteiger partial charge in [0.25, 0.3) is 0 Å². The van der Waals surface area contributed by atoms with Crippen LogP contribution in [0.4, 0.5) is 0 Å². The van der Waals surface area contributed by atoms with E-state index in [4.69, 9.17) is 5.11 Å². The van der Waals surface area contributed by atoms with Gasteiger partial charge < -0.3 is 5.11 Å². The lowest BCUT2D eigenvalue weighted by Gasteiger charge is -1.99. The first-order chi connectivity index (χ1) is 7.31. The number of benzene rings is 2. The van der Waals surface area contributed by atoms with Crippen LogP contribution in [0.1, 0.15) is 10.4 Å². The summed E-state index contributed by atoms with van der Waals surface area (Å²) in [5.41, 5.74) is 0.582. The maximum absolute atomic E-state index is 11.4. The van der Waals surface area contributed by atoms with Gasteiger partial charge in [0, 0.05) is 11.6 Å². The Morgan fingerprint density at radius 3 is 2.53 bits per heavy atom. The molecule has 0 saturated carbocycles. The van der Waals surface area contributed by atoms with E-state index in [1.165, 1.54) is 0 Å². The molecule has 1 N–H and O–H groups in total. The van der Waals surface area contributed by atoms with Gasteiger partial charge >= 0.3 is 0 Å². The second-order valence-electron chi connectivity index (χ2n) is 3.24. The molecular weight excluding hydrogens is 188 g/mol. The Hall–Kier alpha value is -2.09. The van der Waals surface area contributed by atoms with E-state index in [1.807, 2.05) is 36.4 Å². The molecule has 0 radical (unpaired) electrons. The predicted molar refractivity (Wildman–Crippen MR) is 60.0 cm³/mol. The molecule has 0 atom stereocenters. The molecule has 0 fully saturated rings. The van der Waals surface area contributed by atoms with Crippen LogP contribution in [0.15, 0.2) is 54.8 Å². The molecule has 0 aliphatic heterocycles. The zero-order valence-electron chi connectivity index (χ0n) is 8.05. The second kappa shape index (κ2) is 3.96. The molecule has 0 aliphatic rings. The summed E-state index contributed by atoms with van der Waals surface area (Å²) in [6.45, 7) is 0. The van der Waals surface area contributed by atoms with E-state index >= 15 is 0 Å². The van der Waals surface area contributed by atoms with Crippen molar-refractivity contribution >= 4 is 16.6 Å². The third-order valence-electron chi connectivity index (χ3n) is 2.26. The van der Waals surface area contributed by atoms with Crippen LogP contribution in [-0.4, -0.2) is 10.9 Å². The summed E-state index contributed by atoms with van der Waals surface area (Å²) in [5.74, 6) is -0.191. The fourth-order valence-electron chi connectivity index (χ4n) is 1.51. The molecule has 0 spiro atoms. The fraction of sp³-hybridized carbons (Fsp3) is 0. The summed E-state index contributed by atoms with van der Waals surface area (Å²) in [6.07, 6.45) is 1.90. The molecule has 0 aliphatic carbocycles. The monoisotopic (exact) mass is 198 g/mol. The first-order valence-electron chi connectivity index (χ1n) is 4.65. The van der Waals surface area contributed by atoms with Gasteiger partial charge in [-0.1, -0.05) is 36.4 Å². The molecule has 2 aromatic rings. The summed E-state index contributed by atoms with van der Waals surface area (Å²) in [6, 6.07) is 13.3. The van der Waals surface area contributed by atoms with Crippen LogP contribution in [-0.2, 0) is 0 Å². The number of aliphatic hydroxyl groups excluding tert-OH is 1. The van der Waals surface area contributed by atoms with Crippen LogP contribution in [0.25, 0.3) is 10.8 Å². The van der Waals surface area contributed by atoms with Crippen LogP contribution in [0, 0.1) is 0 Å². The van der Waals surface area contributed by atoms with Gasteiger partial charge in [0.1, 0.15) is 0 Å². The lowest BCUT2D eigenvalue weighted by atomic mass is 10.0. The first-order valence-corrected chi connectivity index (χ1v) is 4.65. The van der Waals surface area contributed by atoms with Crippen molar-refractivity contribution in [2.24, 2.45) is 0 Å². The van der Waals surface area contributed by atoms with E-state index in [9.17, 15) is 4.79 Å². The average molecular weight is 198 g/mol. The van der Waals surface area contributed by atoms with Gasteiger partial charge in [0.15, 0.2) is 5.78 Å². The van der Waals surface area contributed by atoms with Crippen molar-refractivity contribution in [1.29, 1.82) is 0 Å². The molecule has 0 unspecified atom stereocenters. The molecule has 2 aromatic carbocycles. The highest BCUT2D eigenvalue weighted by molar-refractivity contribution is 6.06. The number of carbonyl (C=O) groups is 1. The molecule has 2 heteroatoms. The SMILES string of the molecule is O=C(C=CO)c1ccc2ccccc2c1. The lowest BCUT2D eigenvalue weighted by Crippen LogP contribution is -1.93. The third-order valence-corrected chi connectivity index (χ3v) is 2.26. The normalized spacial score (nSPS) is 10.9. The van der Waals surface area contributed by atoms with Gasteiger partial charge in [-0.05, 0) is 16.8 Å².